The van der Waals surface area contributed by atoms with Crippen molar-refractivity contribution in [2.24, 2.45) is 11.8 Å². The van der Waals surface area contributed by atoms with E-state index in [4.69, 9.17) is 16.6 Å². The second kappa shape index (κ2) is 7.61. The Bertz CT molecular complexity index is 862. The molecule has 140 valence electrons. The summed E-state index contributed by atoms with van der Waals surface area (Å²) in [6, 6.07) is 5.45. The quantitative estimate of drug-likeness (QED) is 0.802. The Morgan fingerprint density at radius 3 is 2.62 bits per heavy atom. The lowest BCUT2D eigenvalue weighted by Crippen LogP contribution is -2.45. The third kappa shape index (κ3) is 3.98. The molecule has 3 rings (SSSR count). The van der Waals surface area contributed by atoms with Crippen LogP contribution in [-0.2, 0) is 4.79 Å². The van der Waals surface area contributed by atoms with Crippen LogP contribution < -0.4 is 5.32 Å². The molecule has 0 aliphatic carbocycles. The fraction of sp³-hybridized carbons (Fsp3) is 0.526. The van der Waals surface area contributed by atoms with E-state index in [2.05, 4.69) is 24.1 Å². The molecule has 1 saturated heterocycles. The Hall–Kier alpha value is -2.15. The normalized spacial score (nSPS) is 16.8. The largest absolute Gasteiger partial charge is 0.429 e. The first-order chi connectivity index (χ1) is 12.3. The van der Waals surface area contributed by atoms with Crippen LogP contribution in [0.1, 0.15) is 44.0 Å². The van der Waals surface area contributed by atoms with Crippen LogP contribution >= 0.6 is 12.2 Å². The maximum Gasteiger partial charge on any atom is 0.266 e. The van der Waals surface area contributed by atoms with Gasteiger partial charge in [0, 0.05) is 30.6 Å². The summed E-state index contributed by atoms with van der Waals surface area (Å²) in [7, 11) is 0. The zero-order chi connectivity index (χ0) is 18.8. The van der Waals surface area contributed by atoms with E-state index in [0.29, 0.717) is 47.8 Å². The van der Waals surface area contributed by atoms with Crippen LogP contribution in [0.15, 0.2) is 22.6 Å². The van der Waals surface area contributed by atoms with E-state index in [-0.39, 0.29) is 23.8 Å². The summed E-state index contributed by atoms with van der Waals surface area (Å²) in [6.07, 6.45) is 1.38. The van der Waals surface area contributed by atoms with Crippen molar-refractivity contribution in [1.82, 2.24) is 15.2 Å². The lowest BCUT2D eigenvalue weighted by molar-refractivity contribution is -0.127. The minimum Gasteiger partial charge on any atom is -0.429 e. The van der Waals surface area contributed by atoms with Crippen molar-refractivity contribution < 1.29 is 14.0 Å². The highest BCUT2D eigenvalue weighted by atomic mass is 32.1. The molecule has 0 spiro atoms. The first-order valence-electron chi connectivity index (χ1n) is 9.07. The molecule has 2 N–H and O–H groups in total. The van der Waals surface area contributed by atoms with Gasteiger partial charge in [0.25, 0.3) is 10.7 Å². The lowest BCUT2D eigenvalue weighted by atomic mass is 9.94. The van der Waals surface area contributed by atoms with E-state index in [1.807, 2.05) is 6.92 Å². The summed E-state index contributed by atoms with van der Waals surface area (Å²) in [5.41, 5.74) is 1.94. The van der Waals surface area contributed by atoms with Crippen LogP contribution in [-0.4, -0.2) is 40.8 Å². The Kier molecular flexibility index (Phi) is 5.46. The number of amides is 2. The van der Waals surface area contributed by atoms with E-state index < -0.39 is 0 Å². The van der Waals surface area contributed by atoms with E-state index in [1.54, 1.807) is 23.1 Å². The van der Waals surface area contributed by atoms with Crippen molar-refractivity contribution in [3.63, 3.8) is 0 Å². The average molecular weight is 375 g/mol. The predicted octanol–water partition coefficient (Wildman–Crippen LogP) is 3.50. The summed E-state index contributed by atoms with van der Waals surface area (Å²) < 4.78 is 5.39. The molecule has 1 aliphatic heterocycles. The molecule has 6 nitrogen and oxygen atoms in total. The highest BCUT2D eigenvalue weighted by Crippen LogP contribution is 2.22. The second-order valence-electron chi connectivity index (χ2n) is 7.33. The third-order valence-electron chi connectivity index (χ3n) is 5.19. The van der Waals surface area contributed by atoms with Gasteiger partial charge in [0.05, 0.1) is 5.52 Å². The number of hydrogen-bond acceptors (Lipinski definition) is 4. The Morgan fingerprint density at radius 2 is 1.96 bits per heavy atom. The van der Waals surface area contributed by atoms with Gasteiger partial charge in [0.1, 0.15) is 0 Å². The molecule has 2 aromatic rings. The zero-order valence-corrected chi connectivity index (χ0v) is 16.2. The fourth-order valence-electron chi connectivity index (χ4n) is 3.11. The molecule has 0 bridgehead atoms. The second-order valence-corrected chi connectivity index (χ2v) is 7.70. The van der Waals surface area contributed by atoms with Crippen LogP contribution in [0.5, 0.6) is 0 Å². The highest BCUT2D eigenvalue weighted by molar-refractivity contribution is 7.71. The minimum atomic E-state index is -0.0383. The average Bonchev–Trinajstić information content (AvgIpc) is 3.00. The molecule has 0 radical (unpaired) electrons. The molecular formula is C19H25N3O3S. The number of aromatic nitrogens is 1. The van der Waals surface area contributed by atoms with Crippen LogP contribution in [0.2, 0.25) is 0 Å². The first-order valence-corrected chi connectivity index (χ1v) is 9.48. The number of likely N-dealkylation sites (tertiary alicyclic amines) is 1. The Labute approximate surface area is 157 Å². The molecule has 1 atom stereocenters. The number of carbonyl (C=O) groups is 2. The minimum absolute atomic E-state index is 0.0230. The van der Waals surface area contributed by atoms with E-state index in [0.717, 1.165) is 5.52 Å². The zero-order valence-electron chi connectivity index (χ0n) is 15.4. The summed E-state index contributed by atoms with van der Waals surface area (Å²) in [5.74, 6) is 0.447. The lowest BCUT2D eigenvalue weighted by Gasteiger charge is -2.32. The van der Waals surface area contributed by atoms with Crippen molar-refractivity contribution >= 4 is 35.1 Å². The molecule has 1 aliphatic rings. The van der Waals surface area contributed by atoms with Gasteiger partial charge in [-0.15, -0.1) is 0 Å². The van der Waals surface area contributed by atoms with E-state index >= 15 is 0 Å². The SMILES string of the molecule is CC(C)[C@@H](C)NC(=O)C1CCN(C(=O)c2ccc3[nH]c(=S)oc3c2)CC1. The van der Waals surface area contributed by atoms with Gasteiger partial charge < -0.3 is 19.6 Å². The van der Waals surface area contributed by atoms with Gasteiger partial charge in [-0.05, 0) is 56.1 Å². The number of aromatic amines is 1. The monoisotopic (exact) mass is 375 g/mol. The van der Waals surface area contributed by atoms with Crippen molar-refractivity contribution in [3.8, 4) is 0 Å². The molecule has 0 saturated carbocycles. The summed E-state index contributed by atoms with van der Waals surface area (Å²) >= 11 is 4.97. The number of H-pyrrole nitrogens is 1. The number of benzene rings is 1. The van der Waals surface area contributed by atoms with Crippen LogP contribution in [0.3, 0.4) is 0 Å². The fourth-order valence-corrected chi connectivity index (χ4v) is 3.31. The molecule has 1 aromatic carbocycles. The van der Waals surface area contributed by atoms with Gasteiger partial charge in [0.15, 0.2) is 5.58 Å². The third-order valence-corrected chi connectivity index (χ3v) is 5.38. The number of carbonyl (C=O) groups excluding carboxylic acids is 2. The molecule has 1 aromatic heterocycles. The Morgan fingerprint density at radius 1 is 1.27 bits per heavy atom. The van der Waals surface area contributed by atoms with Crippen LogP contribution in [0.25, 0.3) is 11.1 Å². The highest BCUT2D eigenvalue weighted by Gasteiger charge is 2.28. The molecular weight excluding hydrogens is 350 g/mol. The molecule has 7 heteroatoms. The van der Waals surface area contributed by atoms with Crippen molar-refractivity contribution in [3.05, 3.63) is 28.6 Å². The summed E-state index contributed by atoms with van der Waals surface area (Å²) in [5, 5.41) is 3.08. The molecule has 2 amide bonds. The number of nitrogens with zero attached hydrogens (tertiary/aromatic N) is 1. The maximum atomic E-state index is 12.7. The predicted molar refractivity (Wildman–Crippen MR) is 102 cm³/mol. The Balaban J connectivity index is 1.60. The van der Waals surface area contributed by atoms with Crippen molar-refractivity contribution in [2.45, 2.75) is 39.7 Å². The smallest absolute Gasteiger partial charge is 0.266 e. The topological polar surface area (TPSA) is 78.3 Å². The molecule has 26 heavy (non-hydrogen) atoms. The van der Waals surface area contributed by atoms with Gasteiger partial charge >= 0.3 is 0 Å². The number of nitrogens with one attached hydrogen (secondary N) is 2. The van der Waals surface area contributed by atoms with Gasteiger partial charge in [-0.3, -0.25) is 9.59 Å². The van der Waals surface area contributed by atoms with Crippen molar-refractivity contribution in [2.75, 3.05) is 13.1 Å². The van der Waals surface area contributed by atoms with Crippen LogP contribution in [0, 0.1) is 16.7 Å². The number of piperidine rings is 1. The maximum absolute atomic E-state index is 12.7. The molecule has 2 heterocycles. The molecule has 0 unspecified atom stereocenters. The number of oxazole rings is 1. The van der Waals surface area contributed by atoms with E-state index in [1.165, 1.54) is 0 Å². The number of hydrogen-bond donors (Lipinski definition) is 2. The van der Waals surface area contributed by atoms with Gasteiger partial charge in [0.2, 0.25) is 5.91 Å². The summed E-state index contributed by atoms with van der Waals surface area (Å²) in [4.78, 5) is 30.1. The molecule has 1 fully saturated rings. The summed E-state index contributed by atoms with van der Waals surface area (Å²) in [6.45, 7) is 7.38. The van der Waals surface area contributed by atoms with E-state index in [9.17, 15) is 9.59 Å². The van der Waals surface area contributed by atoms with Gasteiger partial charge in [-0.25, -0.2) is 0 Å². The van der Waals surface area contributed by atoms with Crippen molar-refractivity contribution in [1.29, 1.82) is 0 Å². The number of fused-ring (bicyclic) bond motifs is 1. The van der Waals surface area contributed by atoms with Gasteiger partial charge in [-0.2, -0.15) is 0 Å². The number of rotatable bonds is 4. The standard InChI is InChI=1S/C19H25N3O3S/c1-11(2)12(3)20-17(23)13-6-8-22(9-7-13)18(24)14-4-5-15-16(10-14)25-19(26)21-15/h4-5,10-13H,6-9H2,1-3H3,(H,20,23)(H,21,26)/t12-/m1/s1. The van der Waals surface area contributed by atoms with Crippen LogP contribution in [0.4, 0.5) is 0 Å². The first kappa shape index (κ1) is 18.6. The van der Waals surface area contributed by atoms with Gasteiger partial charge in [-0.1, -0.05) is 13.8 Å².